The predicted octanol–water partition coefficient (Wildman–Crippen LogP) is 4.05. The van der Waals surface area contributed by atoms with Gasteiger partial charge in [0.05, 0.1) is 0 Å². The Morgan fingerprint density at radius 2 is 1.82 bits per heavy atom. The van der Waals surface area contributed by atoms with Crippen LogP contribution in [0.15, 0.2) is 67.3 Å². The minimum atomic E-state index is 0.210. The second-order valence-corrected chi connectivity index (χ2v) is 3.31. The van der Waals surface area contributed by atoms with Crippen LogP contribution >= 0.6 is 0 Å². The molecule has 17 heavy (non-hydrogen) atoms. The lowest BCUT2D eigenvalue weighted by atomic mass is 9.91. The zero-order chi connectivity index (χ0) is 13.1. The van der Waals surface area contributed by atoms with Crippen molar-refractivity contribution in [2.45, 2.75) is 19.8 Å². The van der Waals surface area contributed by atoms with E-state index < -0.39 is 0 Å². The molecule has 92 valence electrons. The van der Waals surface area contributed by atoms with Crippen molar-refractivity contribution in [2.24, 2.45) is 5.73 Å². The fourth-order valence-electron chi connectivity index (χ4n) is 1.61. The van der Waals surface area contributed by atoms with Crippen LogP contribution in [0.5, 0.6) is 0 Å². The van der Waals surface area contributed by atoms with Crippen molar-refractivity contribution >= 4 is 0 Å². The average Bonchev–Trinajstić information content (AvgIpc) is 2.42. The van der Waals surface area contributed by atoms with Crippen molar-refractivity contribution in [3.8, 4) is 0 Å². The summed E-state index contributed by atoms with van der Waals surface area (Å²) < 4.78 is 0. The average molecular weight is 229 g/mol. The molecule has 0 fully saturated rings. The normalized spacial score (nSPS) is 12.1. The van der Waals surface area contributed by atoms with Gasteiger partial charge in [0, 0.05) is 12.5 Å². The van der Waals surface area contributed by atoms with Crippen LogP contribution in [0.3, 0.4) is 0 Å². The molecule has 1 rings (SSSR count). The molecule has 0 amide bonds. The van der Waals surface area contributed by atoms with E-state index in [1.54, 1.807) is 6.08 Å². The van der Waals surface area contributed by atoms with Crippen LogP contribution in [0.1, 0.15) is 25.3 Å². The van der Waals surface area contributed by atoms with Gasteiger partial charge in [-0.25, -0.2) is 0 Å². The molecule has 0 saturated heterocycles. The van der Waals surface area contributed by atoms with Crippen LogP contribution < -0.4 is 5.73 Å². The van der Waals surface area contributed by atoms with E-state index in [0.717, 1.165) is 5.57 Å². The Morgan fingerprint density at radius 1 is 1.24 bits per heavy atom. The van der Waals surface area contributed by atoms with Gasteiger partial charge in [0.1, 0.15) is 0 Å². The SMILES string of the molecule is C=C/C=C(\C=C)C(CN)c1ccccc1.CC. The molecule has 1 heteroatoms. The zero-order valence-corrected chi connectivity index (χ0v) is 10.9. The Morgan fingerprint density at radius 3 is 2.24 bits per heavy atom. The van der Waals surface area contributed by atoms with Crippen molar-refractivity contribution in [3.05, 3.63) is 72.9 Å². The molecular formula is C16H23N. The smallest absolute Gasteiger partial charge is 0.0212 e. The topological polar surface area (TPSA) is 26.0 Å². The van der Waals surface area contributed by atoms with Crippen LogP contribution in [-0.4, -0.2) is 6.54 Å². The largest absolute Gasteiger partial charge is 0.330 e. The Balaban J connectivity index is 0.00000121. The number of allylic oxidation sites excluding steroid dienone is 3. The van der Waals surface area contributed by atoms with Crippen LogP contribution in [0, 0.1) is 0 Å². The van der Waals surface area contributed by atoms with Crippen molar-refractivity contribution in [1.29, 1.82) is 0 Å². The summed E-state index contributed by atoms with van der Waals surface area (Å²) in [5, 5.41) is 0. The van der Waals surface area contributed by atoms with E-state index in [1.165, 1.54) is 5.56 Å². The first kappa shape index (κ1) is 15.4. The first-order valence-corrected chi connectivity index (χ1v) is 6.03. The van der Waals surface area contributed by atoms with E-state index in [0.29, 0.717) is 6.54 Å². The van der Waals surface area contributed by atoms with Gasteiger partial charge in [-0.15, -0.1) is 0 Å². The van der Waals surface area contributed by atoms with Gasteiger partial charge >= 0.3 is 0 Å². The van der Waals surface area contributed by atoms with E-state index in [1.807, 2.05) is 44.2 Å². The van der Waals surface area contributed by atoms with E-state index in [9.17, 15) is 0 Å². The summed E-state index contributed by atoms with van der Waals surface area (Å²) >= 11 is 0. The highest BCUT2D eigenvalue weighted by molar-refractivity contribution is 5.36. The maximum atomic E-state index is 5.79. The van der Waals surface area contributed by atoms with Gasteiger partial charge in [-0.2, -0.15) is 0 Å². The van der Waals surface area contributed by atoms with Crippen LogP contribution in [0.25, 0.3) is 0 Å². The van der Waals surface area contributed by atoms with Crippen molar-refractivity contribution in [1.82, 2.24) is 0 Å². The number of rotatable bonds is 5. The molecule has 0 spiro atoms. The van der Waals surface area contributed by atoms with Gasteiger partial charge < -0.3 is 5.73 Å². The molecule has 1 aromatic rings. The lowest BCUT2D eigenvalue weighted by Gasteiger charge is -2.16. The monoisotopic (exact) mass is 229 g/mol. The summed E-state index contributed by atoms with van der Waals surface area (Å²) in [5.41, 5.74) is 8.11. The van der Waals surface area contributed by atoms with E-state index >= 15 is 0 Å². The zero-order valence-electron chi connectivity index (χ0n) is 10.9. The van der Waals surface area contributed by atoms with Gasteiger partial charge in [0.2, 0.25) is 0 Å². The van der Waals surface area contributed by atoms with Crippen molar-refractivity contribution < 1.29 is 0 Å². The fourth-order valence-corrected chi connectivity index (χ4v) is 1.61. The highest BCUT2D eigenvalue weighted by atomic mass is 14.5. The summed E-state index contributed by atoms with van der Waals surface area (Å²) in [6, 6.07) is 10.2. The maximum Gasteiger partial charge on any atom is 0.0212 e. The van der Waals surface area contributed by atoms with Crippen molar-refractivity contribution in [3.63, 3.8) is 0 Å². The van der Waals surface area contributed by atoms with Gasteiger partial charge in [-0.3, -0.25) is 0 Å². The number of hydrogen-bond donors (Lipinski definition) is 1. The van der Waals surface area contributed by atoms with Crippen molar-refractivity contribution in [2.75, 3.05) is 6.54 Å². The molecule has 0 radical (unpaired) electrons. The van der Waals surface area contributed by atoms with Gasteiger partial charge in [0.15, 0.2) is 0 Å². The van der Waals surface area contributed by atoms with Crippen LogP contribution in [-0.2, 0) is 0 Å². The van der Waals surface area contributed by atoms with Gasteiger partial charge in [0.25, 0.3) is 0 Å². The molecule has 0 aliphatic heterocycles. The first-order valence-electron chi connectivity index (χ1n) is 6.03. The van der Waals surface area contributed by atoms with E-state index in [-0.39, 0.29) is 5.92 Å². The second-order valence-electron chi connectivity index (χ2n) is 3.31. The van der Waals surface area contributed by atoms with Crippen LogP contribution in [0.4, 0.5) is 0 Å². The van der Waals surface area contributed by atoms with Gasteiger partial charge in [-0.05, 0) is 11.1 Å². The third-order valence-electron chi connectivity index (χ3n) is 2.39. The Labute approximate surface area is 105 Å². The highest BCUT2D eigenvalue weighted by Crippen LogP contribution is 2.23. The maximum absolute atomic E-state index is 5.79. The summed E-state index contributed by atoms with van der Waals surface area (Å²) in [4.78, 5) is 0. The Kier molecular flexibility index (Phi) is 8.71. The number of hydrogen-bond acceptors (Lipinski definition) is 1. The second kappa shape index (κ2) is 9.61. The third-order valence-corrected chi connectivity index (χ3v) is 2.39. The standard InChI is InChI=1S/C14H17N.C2H6/c1-3-8-12(4-2)14(11-15)13-9-6-5-7-10-13;1-2/h3-10,14H,1-2,11,15H2;1-2H3/b12-8+;. The summed E-state index contributed by atoms with van der Waals surface area (Å²) in [6.45, 7) is 12.1. The van der Waals surface area contributed by atoms with Crippen LogP contribution in [0.2, 0.25) is 0 Å². The molecule has 0 aliphatic rings. The molecular weight excluding hydrogens is 206 g/mol. The lowest BCUT2D eigenvalue weighted by Crippen LogP contribution is -2.13. The minimum absolute atomic E-state index is 0.210. The third kappa shape index (κ3) is 4.83. The quantitative estimate of drug-likeness (QED) is 0.757. The molecule has 0 bridgehead atoms. The van der Waals surface area contributed by atoms with Gasteiger partial charge in [-0.1, -0.05) is 75.6 Å². The summed E-state index contributed by atoms with van der Waals surface area (Å²) in [5.74, 6) is 0.210. The fraction of sp³-hybridized carbons (Fsp3) is 0.250. The molecule has 0 saturated carbocycles. The Hall–Kier alpha value is -1.60. The number of benzene rings is 1. The summed E-state index contributed by atoms with van der Waals surface area (Å²) in [6.07, 6.45) is 5.56. The molecule has 1 unspecified atom stereocenters. The minimum Gasteiger partial charge on any atom is -0.330 e. The molecule has 1 atom stereocenters. The summed E-state index contributed by atoms with van der Waals surface area (Å²) in [7, 11) is 0. The van der Waals surface area contributed by atoms with E-state index in [2.05, 4.69) is 25.3 Å². The molecule has 1 aromatic carbocycles. The molecule has 0 heterocycles. The molecule has 0 aromatic heterocycles. The molecule has 1 nitrogen and oxygen atoms in total. The lowest BCUT2D eigenvalue weighted by molar-refractivity contribution is 0.818. The predicted molar refractivity (Wildman–Crippen MR) is 78.1 cm³/mol. The Bertz CT molecular complexity index is 349. The molecule has 2 N–H and O–H groups in total. The highest BCUT2D eigenvalue weighted by Gasteiger charge is 2.11. The van der Waals surface area contributed by atoms with E-state index in [4.69, 9.17) is 5.73 Å². The first-order chi connectivity index (χ1) is 8.33. The number of nitrogens with two attached hydrogens (primary N) is 1. The molecule has 0 aliphatic carbocycles.